The monoisotopic (exact) mass is 272 g/mol. The number of nitrogens with two attached hydrogens (primary N) is 1. The fraction of sp³-hybridized carbons (Fsp3) is 0.250. The lowest BCUT2D eigenvalue weighted by atomic mass is 10.0. The first-order chi connectivity index (χ1) is 9.33. The van der Waals surface area contributed by atoms with Crippen molar-refractivity contribution in [1.82, 2.24) is 25.3 Å². The number of rotatable bonds is 1. The van der Waals surface area contributed by atoms with E-state index in [2.05, 4.69) is 36.7 Å². The number of nitrogens with one attached hydrogen (secondary N) is 2. The van der Waals surface area contributed by atoms with E-state index in [1.807, 2.05) is 0 Å². The Kier molecular flexibility index (Phi) is 2.30. The van der Waals surface area contributed by atoms with Gasteiger partial charge in [-0.1, -0.05) is 0 Å². The van der Waals surface area contributed by atoms with Crippen molar-refractivity contribution < 1.29 is 0 Å². The number of hydrogen-bond donors (Lipinski definition) is 3. The number of hydrogen-bond acceptors (Lipinski definition) is 6. The highest BCUT2D eigenvalue weighted by molar-refractivity contribution is 7.10. The van der Waals surface area contributed by atoms with E-state index in [4.69, 9.17) is 5.73 Å². The Morgan fingerprint density at radius 2 is 2.32 bits per heavy atom. The van der Waals surface area contributed by atoms with Gasteiger partial charge in [0.05, 0.1) is 6.04 Å². The molecule has 7 heteroatoms. The molecule has 0 fully saturated rings. The molecule has 0 saturated carbocycles. The molecular weight excluding hydrogens is 260 g/mol. The number of nitrogens with zero attached hydrogens (tertiary/aromatic N) is 3. The third kappa shape index (κ3) is 1.62. The van der Waals surface area contributed by atoms with Crippen LogP contribution in [0.1, 0.15) is 22.3 Å². The van der Waals surface area contributed by atoms with Gasteiger partial charge >= 0.3 is 0 Å². The minimum Gasteiger partial charge on any atom is -0.382 e. The molecule has 0 saturated heterocycles. The first-order valence-corrected chi connectivity index (χ1v) is 6.96. The van der Waals surface area contributed by atoms with E-state index in [-0.39, 0.29) is 6.04 Å². The molecule has 0 aromatic carbocycles. The van der Waals surface area contributed by atoms with Gasteiger partial charge < -0.3 is 16.0 Å². The van der Waals surface area contributed by atoms with Crippen molar-refractivity contribution in [2.75, 3.05) is 12.3 Å². The molecule has 4 N–H and O–H groups in total. The maximum Gasteiger partial charge on any atom is 0.183 e. The van der Waals surface area contributed by atoms with E-state index in [0.717, 1.165) is 18.8 Å². The van der Waals surface area contributed by atoms with Crippen molar-refractivity contribution in [2.45, 2.75) is 12.5 Å². The van der Waals surface area contributed by atoms with Gasteiger partial charge in [0.2, 0.25) is 0 Å². The lowest BCUT2D eigenvalue weighted by molar-refractivity contribution is 0.555. The minimum absolute atomic E-state index is 0.0867. The van der Waals surface area contributed by atoms with Crippen LogP contribution < -0.4 is 11.1 Å². The average Bonchev–Trinajstić information content (AvgIpc) is 3.05. The van der Waals surface area contributed by atoms with E-state index in [0.29, 0.717) is 17.0 Å². The molecule has 6 nitrogen and oxygen atoms in total. The lowest BCUT2D eigenvalue weighted by Crippen LogP contribution is -2.30. The van der Waals surface area contributed by atoms with E-state index < -0.39 is 0 Å². The van der Waals surface area contributed by atoms with Crippen LogP contribution in [0, 0.1) is 0 Å². The molecule has 4 heterocycles. The molecule has 0 radical (unpaired) electrons. The number of H-pyrrole nitrogens is 1. The fourth-order valence-electron chi connectivity index (χ4n) is 2.50. The van der Waals surface area contributed by atoms with Gasteiger partial charge in [-0.05, 0) is 23.4 Å². The summed E-state index contributed by atoms with van der Waals surface area (Å²) in [5.74, 6) is 1.28. The summed E-state index contributed by atoms with van der Waals surface area (Å²) < 4.78 is 0. The van der Waals surface area contributed by atoms with E-state index in [1.54, 1.807) is 11.3 Å². The minimum atomic E-state index is 0.0867. The predicted molar refractivity (Wildman–Crippen MR) is 74.0 cm³/mol. The number of anilines is 1. The summed E-state index contributed by atoms with van der Waals surface area (Å²) in [6.07, 6.45) is 2.51. The van der Waals surface area contributed by atoms with Gasteiger partial charge in [-0.2, -0.15) is 0 Å². The van der Waals surface area contributed by atoms with Gasteiger partial charge in [-0.3, -0.25) is 0 Å². The predicted octanol–water partition coefficient (Wildman–Crippen LogP) is 1.23. The number of aromatic amines is 1. The summed E-state index contributed by atoms with van der Waals surface area (Å²) in [5.41, 5.74) is 8.45. The van der Waals surface area contributed by atoms with Crippen LogP contribution in [0.25, 0.3) is 11.2 Å². The Morgan fingerprint density at radius 1 is 1.37 bits per heavy atom. The number of nitrogen functional groups attached to an aromatic ring is 1. The molecular formula is C12H12N6S. The largest absolute Gasteiger partial charge is 0.382 e. The molecule has 4 rings (SSSR count). The van der Waals surface area contributed by atoms with Crippen molar-refractivity contribution in [2.24, 2.45) is 0 Å². The van der Waals surface area contributed by atoms with Gasteiger partial charge in [0.25, 0.3) is 0 Å². The van der Waals surface area contributed by atoms with E-state index in [1.165, 1.54) is 16.8 Å². The molecule has 3 aromatic rings. The van der Waals surface area contributed by atoms with Crippen LogP contribution in [-0.2, 0) is 6.42 Å². The van der Waals surface area contributed by atoms with Crippen LogP contribution in [0.3, 0.4) is 0 Å². The van der Waals surface area contributed by atoms with E-state index in [9.17, 15) is 0 Å². The topological polar surface area (TPSA) is 92.5 Å². The molecule has 0 amide bonds. The van der Waals surface area contributed by atoms with E-state index >= 15 is 0 Å². The zero-order chi connectivity index (χ0) is 12.8. The van der Waals surface area contributed by atoms with Crippen LogP contribution in [0.5, 0.6) is 0 Å². The summed E-state index contributed by atoms with van der Waals surface area (Å²) in [7, 11) is 0. The number of imidazole rings is 1. The molecule has 3 aromatic heterocycles. The zero-order valence-electron chi connectivity index (χ0n) is 10.1. The average molecular weight is 272 g/mol. The quantitative estimate of drug-likeness (QED) is 0.619. The summed E-state index contributed by atoms with van der Waals surface area (Å²) >= 11 is 1.80. The second kappa shape index (κ2) is 4.01. The van der Waals surface area contributed by atoms with Gasteiger partial charge in [0.1, 0.15) is 17.7 Å². The first-order valence-electron chi connectivity index (χ1n) is 6.08. The number of thiophene rings is 1. The van der Waals surface area contributed by atoms with Crippen molar-refractivity contribution >= 4 is 28.3 Å². The maximum absolute atomic E-state index is 5.83. The molecule has 1 aliphatic rings. The highest BCUT2D eigenvalue weighted by Crippen LogP contribution is 2.31. The van der Waals surface area contributed by atoms with Crippen molar-refractivity contribution in [3.63, 3.8) is 0 Å². The SMILES string of the molecule is Nc1ncnc2nc(C3NCCc4sccc43)[nH]c12. The number of aromatic nitrogens is 4. The third-order valence-electron chi connectivity index (χ3n) is 3.40. The highest BCUT2D eigenvalue weighted by Gasteiger charge is 2.25. The molecule has 1 unspecified atom stereocenters. The molecule has 19 heavy (non-hydrogen) atoms. The third-order valence-corrected chi connectivity index (χ3v) is 4.40. The fourth-order valence-corrected chi connectivity index (χ4v) is 3.42. The highest BCUT2D eigenvalue weighted by atomic mass is 32.1. The Balaban J connectivity index is 1.86. The Hall–Kier alpha value is -1.99. The molecule has 96 valence electrons. The second-order valence-corrected chi connectivity index (χ2v) is 5.52. The van der Waals surface area contributed by atoms with Crippen LogP contribution in [0.15, 0.2) is 17.8 Å². The summed E-state index contributed by atoms with van der Waals surface area (Å²) in [5, 5.41) is 5.61. The smallest absolute Gasteiger partial charge is 0.183 e. The van der Waals surface area contributed by atoms with Gasteiger partial charge in [0.15, 0.2) is 11.5 Å². The Morgan fingerprint density at radius 3 is 3.21 bits per heavy atom. The molecule has 0 spiro atoms. The first kappa shape index (κ1) is 10.9. The van der Waals surface area contributed by atoms with Crippen molar-refractivity contribution in [1.29, 1.82) is 0 Å². The van der Waals surface area contributed by atoms with Gasteiger partial charge in [-0.25, -0.2) is 15.0 Å². The van der Waals surface area contributed by atoms with Crippen LogP contribution in [0.2, 0.25) is 0 Å². The second-order valence-electron chi connectivity index (χ2n) is 4.52. The Bertz CT molecular complexity index is 746. The Labute approximate surface area is 113 Å². The summed E-state index contributed by atoms with van der Waals surface area (Å²) in [6.45, 7) is 0.955. The standard InChI is InChI=1S/C12H12N6S/c13-10-9-11(16-5-15-10)18-12(17-9)8-6-2-4-19-7(6)1-3-14-8/h2,4-5,8,14H,1,3H2,(H3,13,15,16,17,18). The van der Waals surface area contributed by atoms with Gasteiger partial charge in [-0.15, -0.1) is 11.3 Å². The van der Waals surface area contributed by atoms with Crippen LogP contribution >= 0.6 is 11.3 Å². The van der Waals surface area contributed by atoms with Crippen molar-refractivity contribution in [3.05, 3.63) is 34.0 Å². The molecule has 0 aliphatic carbocycles. The lowest BCUT2D eigenvalue weighted by Gasteiger charge is -2.22. The zero-order valence-corrected chi connectivity index (χ0v) is 10.9. The van der Waals surface area contributed by atoms with Crippen LogP contribution in [-0.4, -0.2) is 26.5 Å². The van der Waals surface area contributed by atoms with Crippen LogP contribution in [0.4, 0.5) is 5.82 Å². The summed E-state index contributed by atoms with van der Waals surface area (Å²) in [6, 6.07) is 2.24. The number of fused-ring (bicyclic) bond motifs is 2. The van der Waals surface area contributed by atoms with Gasteiger partial charge in [0, 0.05) is 11.4 Å². The normalized spacial score (nSPS) is 18.6. The van der Waals surface area contributed by atoms with Crippen molar-refractivity contribution in [3.8, 4) is 0 Å². The maximum atomic E-state index is 5.83. The molecule has 1 aliphatic heterocycles. The molecule has 0 bridgehead atoms. The summed E-state index contributed by atoms with van der Waals surface area (Å²) in [4.78, 5) is 17.3. The molecule has 1 atom stereocenters.